The van der Waals surface area contributed by atoms with Crippen LogP contribution in [0.2, 0.25) is 0 Å². The molecular formula is C50H34N4. The molecule has 1 aliphatic rings. The van der Waals surface area contributed by atoms with Crippen LogP contribution >= 0.6 is 0 Å². The van der Waals surface area contributed by atoms with E-state index in [4.69, 9.17) is 15.0 Å². The number of pyridine rings is 1. The van der Waals surface area contributed by atoms with E-state index in [0.717, 1.165) is 57.8 Å². The highest BCUT2D eigenvalue weighted by Crippen LogP contribution is 2.47. The highest BCUT2D eigenvalue weighted by Gasteiger charge is 2.28. The Bertz CT molecular complexity index is 3040. The maximum Gasteiger partial charge on any atom is 0.0973 e. The van der Waals surface area contributed by atoms with Gasteiger partial charge in [-0.25, -0.2) is 9.97 Å². The van der Waals surface area contributed by atoms with Gasteiger partial charge < -0.3 is 4.57 Å². The summed E-state index contributed by atoms with van der Waals surface area (Å²) in [5.41, 5.74) is 15.7. The van der Waals surface area contributed by atoms with Gasteiger partial charge in [0, 0.05) is 45.4 Å². The van der Waals surface area contributed by atoms with Crippen molar-refractivity contribution in [3.05, 3.63) is 193 Å². The predicted molar refractivity (Wildman–Crippen MR) is 222 cm³/mol. The number of fused-ring (bicyclic) bond motifs is 9. The molecule has 0 saturated carbocycles. The van der Waals surface area contributed by atoms with Gasteiger partial charge in [-0.3, -0.25) is 4.98 Å². The molecule has 1 aliphatic carbocycles. The molecule has 10 aromatic rings. The van der Waals surface area contributed by atoms with Crippen LogP contribution in [-0.4, -0.2) is 19.5 Å². The normalized spacial score (nSPS) is 14.0. The molecule has 0 amide bonds. The smallest absolute Gasteiger partial charge is 0.0973 e. The maximum absolute atomic E-state index is 5.16. The molecule has 0 radical (unpaired) electrons. The first-order valence-electron chi connectivity index (χ1n) is 18.7. The standard InChI is InChI=1S/C50H34N4/c1-2-13-33(14-3-1)49-50(53-45-19-8-7-18-44(45)52-49)34-21-25-36(26-22-34)54-46-20-9-6-16-38(46)42-31-41-35(30-47(42)54)24-28-40(43-17-10-11-29-51-43)48-37-15-5-4-12-32(37)23-27-39(41)48/h1-23,25-27,29-31,40H,24,28H2. The zero-order valence-corrected chi connectivity index (χ0v) is 29.5. The highest BCUT2D eigenvalue weighted by atomic mass is 15.0. The monoisotopic (exact) mass is 690 g/mol. The lowest BCUT2D eigenvalue weighted by atomic mass is 9.84. The van der Waals surface area contributed by atoms with Crippen molar-refractivity contribution in [1.29, 1.82) is 0 Å². The fraction of sp³-hybridized carbons (Fsp3) is 0.0600. The molecule has 0 N–H and O–H groups in total. The van der Waals surface area contributed by atoms with Crippen molar-refractivity contribution >= 4 is 43.6 Å². The Balaban J connectivity index is 1.09. The number of aryl methyl sites for hydroxylation is 1. The Kier molecular flexibility index (Phi) is 7.02. The van der Waals surface area contributed by atoms with Crippen LogP contribution in [0.3, 0.4) is 0 Å². The minimum absolute atomic E-state index is 0.199. The van der Waals surface area contributed by atoms with E-state index in [9.17, 15) is 0 Å². The zero-order chi connectivity index (χ0) is 35.6. The van der Waals surface area contributed by atoms with Crippen LogP contribution in [0.4, 0.5) is 0 Å². The minimum atomic E-state index is 0.199. The largest absolute Gasteiger partial charge is 0.309 e. The molecular weight excluding hydrogens is 657 g/mol. The average molecular weight is 691 g/mol. The first-order valence-corrected chi connectivity index (χ1v) is 18.7. The SMILES string of the molecule is c1ccc(-c2nc3ccccc3nc2-c2ccc(-n3c4ccccc4c4cc5c(cc43)CCC(c3ccccn3)c3c-5ccc4ccccc34)cc2)cc1. The maximum atomic E-state index is 5.16. The van der Waals surface area contributed by atoms with Crippen molar-refractivity contribution in [1.82, 2.24) is 19.5 Å². The molecule has 0 spiro atoms. The first kappa shape index (κ1) is 30.7. The number of rotatable bonds is 4. The van der Waals surface area contributed by atoms with E-state index in [1.165, 1.54) is 54.8 Å². The van der Waals surface area contributed by atoms with Crippen LogP contribution in [-0.2, 0) is 6.42 Å². The summed E-state index contributed by atoms with van der Waals surface area (Å²) in [4.78, 5) is 15.2. The lowest BCUT2D eigenvalue weighted by Gasteiger charge is -2.20. The first-order chi connectivity index (χ1) is 26.8. The zero-order valence-electron chi connectivity index (χ0n) is 29.5. The summed E-state index contributed by atoms with van der Waals surface area (Å²) in [6.45, 7) is 0. The minimum Gasteiger partial charge on any atom is -0.309 e. The van der Waals surface area contributed by atoms with E-state index < -0.39 is 0 Å². The van der Waals surface area contributed by atoms with Gasteiger partial charge >= 0.3 is 0 Å². The Hall–Kier alpha value is -6.91. The van der Waals surface area contributed by atoms with Gasteiger partial charge in [0.05, 0.1) is 33.5 Å². The van der Waals surface area contributed by atoms with Crippen LogP contribution in [0.15, 0.2) is 176 Å². The van der Waals surface area contributed by atoms with Crippen LogP contribution in [0, 0.1) is 0 Å². The van der Waals surface area contributed by atoms with Gasteiger partial charge in [-0.05, 0) is 100 Å². The van der Waals surface area contributed by atoms with Gasteiger partial charge in [0.1, 0.15) is 0 Å². The summed E-state index contributed by atoms with van der Waals surface area (Å²) in [6, 6.07) is 60.9. The number of benzene rings is 7. The van der Waals surface area contributed by atoms with E-state index >= 15 is 0 Å². The van der Waals surface area contributed by atoms with Crippen LogP contribution in [0.1, 0.15) is 29.2 Å². The van der Waals surface area contributed by atoms with Crippen LogP contribution < -0.4 is 0 Å². The van der Waals surface area contributed by atoms with E-state index in [1.54, 1.807) is 0 Å². The topological polar surface area (TPSA) is 43.6 Å². The Labute approximate surface area is 313 Å². The van der Waals surface area contributed by atoms with Crippen LogP contribution in [0.25, 0.3) is 82.9 Å². The van der Waals surface area contributed by atoms with E-state index in [-0.39, 0.29) is 5.92 Å². The van der Waals surface area contributed by atoms with Crippen molar-refractivity contribution < 1.29 is 0 Å². The van der Waals surface area contributed by atoms with E-state index in [0.29, 0.717) is 0 Å². The second kappa shape index (κ2) is 12.4. The number of hydrogen-bond acceptors (Lipinski definition) is 3. The molecule has 3 aromatic heterocycles. The van der Waals surface area contributed by atoms with Crippen molar-refractivity contribution in [3.8, 4) is 39.3 Å². The van der Waals surface area contributed by atoms with Gasteiger partial charge in [-0.15, -0.1) is 0 Å². The molecule has 54 heavy (non-hydrogen) atoms. The van der Waals surface area contributed by atoms with E-state index in [2.05, 4.69) is 138 Å². The predicted octanol–water partition coefficient (Wildman–Crippen LogP) is 12.4. The second-order valence-electron chi connectivity index (χ2n) is 14.3. The quantitative estimate of drug-likeness (QED) is 0.185. The molecule has 254 valence electrons. The summed E-state index contributed by atoms with van der Waals surface area (Å²) < 4.78 is 2.43. The van der Waals surface area contributed by atoms with Crippen molar-refractivity contribution in [2.75, 3.05) is 0 Å². The third kappa shape index (κ3) is 4.87. The van der Waals surface area contributed by atoms with Crippen molar-refractivity contribution in [2.45, 2.75) is 18.8 Å². The molecule has 0 saturated heterocycles. The molecule has 4 nitrogen and oxygen atoms in total. The van der Waals surface area contributed by atoms with Gasteiger partial charge in [0.2, 0.25) is 0 Å². The molecule has 3 heterocycles. The Morgan fingerprint density at radius 1 is 0.500 bits per heavy atom. The van der Waals surface area contributed by atoms with Crippen molar-refractivity contribution in [2.24, 2.45) is 0 Å². The molecule has 0 bridgehead atoms. The highest BCUT2D eigenvalue weighted by molar-refractivity contribution is 6.11. The van der Waals surface area contributed by atoms with Gasteiger partial charge in [-0.1, -0.05) is 115 Å². The summed E-state index contributed by atoms with van der Waals surface area (Å²) in [5, 5.41) is 5.09. The summed E-state index contributed by atoms with van der Waals surface area (Å²) in [5.74, 6) is 0.199. The van der Waals surface area contributed by atoms with Gasteiger partial charge in [0.15, 0.2) is 0 Å². The van der Waals surface area contributed by atoms with Crippen molar-refractivity contribution in [3.63, 3.8) is 0 Å². The third-order valence-corrected chi connectivity index (χ3v) is 11.3. The fourth-order valence-corrected chi connectivity index (χ4v) is 8.79. The molecule has 11 rings (SSSR count). The molecule has 7 aromatic carbocycles. The number of hydrogen-bond donors (Lipinski definition) is 0. The summed E-state index contributed by atoms with van der Waals surface area (Å²) >= 11 is 0. The Morgan fingerprint density at radius 2 is 1.19 bits per heavy atom. The lowest BCUT2D eigenvalue weighted by Crippen LogP contribution is -2.05. The molecule has 1 atom stereocenters. The number of aromatic nitrogens is 4. The molecule has 0 aliphatic heterocycles. The lowest BCUT2D eigenvalue weighted by molar-refractivity contribution is 0.709. The average Bonchev–Trinajstić information content (AvgIpc) is 3.46. The molecule has 4 heteroatoms. The van der Waals surface area contributed by atoms with Gasteiger partial charge in [-0.2, -0.15) is 0 Å². The fourth-order valence-electron chi connectivity index (χ4n) is 8.79. The van der Waals surface area contributed by atoms with Crippen LogP contribution in [0.5, 0.6) is 0 Å². The molecule has 1 unspecified atom stereocenters. The Morgan fingerprint density at radius 3 is 1.96 bits per heavy atom. The number of para-hydroxylation sites is 3. The van der Waals surface area contributed by atoms with Gasteiger partial charge in [0.25, 0.3) is 0 Å². The number of nitrogens with zero attached hydrogens (tertiary/aromatic N) is 4. The molecule has 0 fully saturated rings. The second-order valence-corrected chi connectivity index (χ2v) is 14.3. The van der Waals surface area contributed by atoms with E-state index in [1.807, 2.05) is 42.6 Å². The third-order valence-electron chi connectivity index (χ3n) is 11.3. The summed E-state index contributed by atoms with van der Waals surface area (Å²) in [6.07, 6.45) is 3.88. The summed E-state index contributed by atoms with van der Waals surface area (Å²) in [7, 11) is 0.